The zero-order valence-electron chi connectivity index (χ0n) is 15.7. The largest absolute Gasteiger partial charge is 0.346 e. The summed E-state index contributed by atoms with van der Waals surface area (Å²) in [6.45, 7) is 9.38. The molecule has 138 valence electrons. The standard InChI is InChI=1S/C18H25N7O/c1-5-24(6-2)11-14-8-19-17-16(10-21-25(17)12-14)18(26)20-9-15-7-13(3)22-23(15)4/h7-8,10,12H,5-6,9,11H2,1-4H3,(H,20,26). The van der Waals surface area contributed by atoms with Crippen molar-refractivity contribution < 1.29 is 4.79 Å². The Labute approximate surface area is 152 Å². The predicted molar refractivity (Wildman–Crippen MR) is 98.7 cm³/mol. The maximum Gasteiger partial charge on any atom is 0.257 e. The highest BCUT2D eigenvalue weighted by atomic mass is 16.1. The fourth-order valence-corrected chi connectivity index (χ4v) is 2.96. The van der Waals surface area contributed by atoms with E-state index in [9.17, 15) is 4.79 Å². The van der Waals surface area contributed by atoms with E-state index in [2.05, 4.69) is 39.2 Å². The van der Waals surface area contributed by atoms with Crippen LogP contribution in [0.3, 0.4) is 0 Å². The first-order chi connectivity index (χ1) is 12.5. The van der Waals surface area contributed by atoms with E-state index in [0.717, 1.165) is 36.6 Å². The number of fused-ring (bicyclic) bond motifs is 1. The van der Waals surface area contributed by atoms with Crippen LogP contribution in [0.4, 0.5) is 0 Å². The number of amides is 1. The van der Waals surface area contributed by atoms with E-state index in [1.807, 2.05) is 32.4 Å². The summed E-state index contributed by atoms with van der Waals surface area (Å²) in [5.41, 5.74) is 3.98. The minimum absolute atomic E-state index is 0.192. The molecule has 0 aliphatic carbocycles. The van der Waals surface area contributed by atoms with Crippen LogP contribution < -0.4 is 5.32 Å². The SMILES string of the molecule is CCN(CC)Cc1cnc2c(C(=O)NCc3cc(C)nn3C)cnn2c1. The molecule has 1 N–H and O–H groups in total. The minimum Gasteiger partial charge on any atom is -0.346 e. The molecular formula is C18H25N7O. The fraction of sp³-hybridized carbons (Fsp3) is 0.444. The third-order valence-electron chi connectivity index (χ3n) is 4.48. The van der Waals surface area contributed by atoms with Crippen molar-refractivity contribution in [2.24, 2.45) is 7.05 Å². The first-order valence-electron chi connectivity index (χ1n) is 8.84. The van der Waals surface area contributed by atoms with Crippen LogP contribution in [0, 0.1) is 6.92 Å². The summed E-state index contributed by atoms with van der Waals surface area (Å²) in [5, 5.41) is 11.5. The average molecular weight is 355 g/mol. The first-order valence-corrected chi connectivity index (χ1v) is 8.84. The van der Waals surface area contributed by atoms with Gasteiger partial charge in [-0.3, -0.25) is 14.4 Å². The topological polar surface area (TPSA) is 80.3 Å². The van der Waals surface area contributed by atoms with Crippen LogP contribution in [-0.4, -0.2) is 48.3 Å². The number of aryl methyl sites for hydroxylation is 2. The molecule has 3 rings (SSSR count). The third-order valence-corrected chi connectivity index (χ3v) is 4.48. The molecule has 1 amide bonds. The van der Waals surface area contributed by atoms with E-state index in [1.54, 1.807) is 15.4 Å². The molecule has 0 radical (unpaired) electrons. The number of aromatic nitrogens is 5. The Hall–Kier alpha value is -2.74. The molecule has 0 aliphatic heterocycles. The van der Waals surface area contributed by atoms with Gasteiger partial charge in [-0.1, -0.05) is 13.8 Å². The smallest absolute Gasteiger partial charge is 0.257 e. The van der Waals surface area contributed by atoms with E-state index in [0.29, 0.717) is 17.8 Å². The maximum absolute atomic E-state index is 12.5. The van der Waals surface area contributed by atoms with Gasteiger partial charge >= 0.3 is 0 Å². The van der Waals surface area contributed by atoms with Gasteiger partial charge in [0, 0.05) is 31.5 Å². The molecule has 26 heavy (non-hydrogen) atoms. The van der Waals surface area contributed by atoms with Gasteiger partial charge < -0.3 is 5.32 Å². The molecule has 0 unspecified atom stereocenters. The monoisotopic (exact) mass is 355 g/mol. The van der Waals surface area contributed by atoms with E-state index in [4.69, 9.17) is 0 Å². The van der Waals surface area contributed by atoms with Crippen molar-refractivity contribution in [3.05, 3.63) is 47.2 Å². The van der Waals surface area contributed by atoms with E-state index in [1.165, 1.54) is 0 Å². The van der Waals surface area contributed by atoms with E-state index >= 15 is 0 Å². The summed E-state index contributed by atoms with van der Waals surface area (Å²) < 4.78 is 3.44. The highest BCUT2D eigenvalue weighted by Gasteiger charge is 2.15. The Morgan fingerprint density at radius 1 is 1.27 bits per heavy atom. The lowest BCUT2D eigenvalue weighted by Crippen LogP contribution is -2.24. The summed E-state index contributed by atoms with van der Waals surface area (Å²) >= 11 is 0. The lowest BCUT2D eigenvalue weighted by molar-refractivity contribution is 0.0951. The summed E-state index contributed by atoms with van der Waals surface area (Å²) in [4.78, 5) is 19.3. The van der Waals surface area contributed by atoms with Gasteiger partial charge in [0.25, 0.3) is 5.91 Å². The second-order valence-corrected chi connectivity index (χ2v) is 6.33. The van der Waals surface area contributed by atoms with Gasteiger partial charge in [-0.15, -0.1) is 0 Å². The van der Waals surface area contributed by atoms with E-state index in [-0.39, 0.29) is 5.91 Å². The highest BCUT2D eigenvalue weighted by molar-refractivity contribution is 5.99. The summed E-state index contributed by atoms with van der Waals surface area (Å²) in [6, 6.07) is 1.95. The molecule has 0 aliphatic rings. The zero-order valence-corrected chi connectivity index (χ0v) is 15.7. The molecule has 0 saturated heterocycles. The van der Waals surface area contributed by atoms with Crippen molar-refractivity contribution in [3.63, 3.8) is 0 Å². The van der Waals surface area contributed by atoms with Gasteiger partial charge in [0.2, 0.25) is 0 Å². The van der Waals surface area contributed by atoms with Crippen molar-refractivity contribution in [2.75, 3.05) is 13.1 Å². The predicted octanol–water partition coefficient (Wildman–Crippen LogP) is 1.54. The molecule has 0 atom stereocenters. The van der Waals surface area contributed by atoms with Crippen LogP contribution in [0.25, 0.3) is 5.65 Å². The van der Waals surface area contributed by atoms with Crippen molar-refractivity contribution in [1.29, 1.82) is 0 Å². The van der Waals surface area contributed by atoms with Crippen molar-refractivity contribution in [2.45, 2.75) is 33.9 Å². The van der Waals surface area contributed by atoms with Gasteiger partial charge in [-0.05, 0) is 26.1 Å². The first kappa shape index (κ1) is 18.1. The number of carbonyl (C=O) groups is 1. The van der Waals surface area contributed by atoms with Crippen LogP contribution in [-0.2, 0) is 20.1 Å². The Kier molecular flexibility index (Phi) is 5.32. The molecule has 3 aromatic heterocycles. The zero-order chi connectivity index (χ0) is 18.7. The van der Waals surface area contributed by atoms with E-state index < -0.39 is 0 Å². The van der Waals surface area contributed by atoms with Crippen LogP contribution in [0.2, 0.25) is 0 Å². The number of carbonyl (C=O) groups excluding carboxylic acids is 1. The lowest BCUT2D eigenvalue weighted by atomic mass is 10.2. The minimum atomic E-state index is -0.192. The summed E-state index contributed by atoms with van der Waals surface area (Å²) in [7, 11) is 1.86. The van der Waals surface area contributed by atoms with Gasteiger partial charge in [0.15, 0.2) is 5.65 Å². The third kappa shape index (κ3) is 3.75. The van der Waals surface area contributed by atoms with Crippen molar-refractivity contribution in [3.8, 4) is 0 Å². The highest BCUT2D eigenvalue weighted by Crippen LogP contribution is 2.11. The van der Waals surface area contributed by atoms with Crippen LogP contribution >= 0.6 is 0 Å². The Morgan fingerprint density at radius 2 is 2.04 bits per heavy atom. The Bertz CT molecular complexity index is 908. The molecule has 8 heteroatoms. The van der Waals surface area contributed by atoms with Gasteiger partial charge in [-0.2, -0.15) is 10.2 Å². The average Bonchev–Trinajstić information content (AvgIpc) is 3.19. The van der Waals surface area contributed by atoms with Gasteiger partial charge in [-0.25, -0.2) is 9.50 Å². The van der Waals surface area contributed by atoms with Crippen LogP contribution in [0.5, 0.6) is 0 Å². The summed E-state index contributed by atoms with van der Waals surface area (Å²) in [5.74, 6) is -0.192. The second kappa shape index (κ2) is 7.65. The van der Waals surface area contributed by atoms with Gasteiger partial charge in [0.05, 0.1) is 24.1 Å². The number of hydrogen-bond acceptors (Lipinski definition) is 5. The molecule has 0 spiro atoms. The summed E-state index contributed by atoms with van der Waals surface area (Å²) in [6.07, 6.45) is 5.31. The van der Waals surface area contributed by atoms with Gasteiger partial charge in [0.1, 0.15) is 5.56 Å². The molecule has 0 saturated carbocycles. The number of hydrogen-bond donors (Lipinski definition) is 1. The molecule has 0 aromatic carbocycles. The molecule has 8 nitrogen and oxygen atoms in total. The molecule has 3 aromatic rings. The number of nitrogens with zero attached hydrogens (tertiary/aromatic N) is 6. The fourth-order valence-electron chi connectivity index (χ4n) is 2.96. The number of nitrogens with one attached hydrogen (secondary N) is 1. The molecular weight excluding hydrogens is 330 g/mol. The van der Waals surface area contributed by atoms with Crippen LogP contribution in [0.1, 0.15) is 41.2 Å². The quantitative estimate of drug-likeness (QED) is 0.695. The van der Waals surface area contributed by atoms with Crippen LogP contribution in [0.15, 0.2) is 24.7 Å². The molecule has 0 fully saturated rings. The normalized spacial score (nSPS) is 11.4. The Balaban J connectivity index is 1.73. The molecule has 0 bridgehead atoms. The second-order valence-electron chi connectivity index (χ2n) is 6.33. The lowest BCUT2D eigenvalue weighted by Gasteiger charge is -2.17. The van der Waals surface area contributed by atoms with Crippen molar-refractivity contribution >= 4 is 11.6 Å². The number of rotatable bonds is 7. The maximum atomic E-state index is 12.5. The molecule has 3 heterocycles. The van der Waals surface area contributed by atoms with Crippen molar-refractivity contribution in [1.82, 2.24) is 34.6 Å². The Morgan fingerprint density at radius 3 is 2.69 bits per heavy atom.